The van der Waals surface area contributed by atoms with Crippen LogP contribution in [0.3, 0.4) is 0 Å². The molecule has 1 amide bonds. The Morgan fingerprint density at radius 2 is 2.08 bits per heavy atom. The number of benzene rings is 2. The van der Waals surface area contributed by atoms with Gasteiger partial charge in [-0.3, -0.25) is 4.79 Å². The van der Waals surface area contributed by atoms with Crippen molar-refractivity contribution >= 4 is 27.5 Å². The van der Waals surface area contributed by atoms with Crippen molar-refractivity contribution in [3.05, 3.63) is 64.2 Å². The van der Waals surface area contributed by atoms with E-state index in [9.17, 15) is 9.18 Å². The zero-order valence-corrected chi connectivity index (χ0v) is 14.3. The molecule has 0 bridgehead atoms. The standard InChI is InChI=1S/C18H17FN2O2S/c1-12-5-3-4-6-14(12)17(22)20-18-21(9-10-23-2)15-8-7-13(19)11-16(15)24-18/h3-8,11H,9-10H2,1-2H3. The van der Waals surface area contributed by atoms with E-state index in [1.807, 2.05) is 29.7 Å². The second kappa shape index (κ2) is 7.07. The van der Waals surface area contributed by atoms with Crippen molar-refractivity contribution in [1.29, 1.82) is 0 Å². The third-order valence-electron chi connectivity index (χ3n) is 3.74. The number of nitrogens with zero attached hydrogens (tertiary/aromatic N) is 2. The summed E-state index contributed by atoms with van der Waals surface area (Å²) in [5.74, 6) is -0.606. The van der Waals surface area contributed by atoms with E-state index in [-0.39, 0.29) is 11.7 Å². The van der Waals surface area contributed by atoms with Crippen molar-refractivity contribution in [3.8, 4) is 0 Å². The van der Waals surface area contributed by atoms with E-state index in [1.54, 1.807) is 19.2 Å². The van der Waals surface area contributed by atoms with Crippen LogP contribution in [0, 0.1) is 12.7 Å². The lowest BCUT2D eigenvalue weighted by atomic mass is 10.1. The van der Waals surface area contributed by atoms with E-state index < -0.39 is 0 Å². The summed E-state index contributed by atoms with van der Waals surface area (Å²) >= 11 is 1.30. The molecule has 0 saturated heterocycles. The summed E-state index contributed by atoms with van der Waals surface area (Å²) in [6.45, 7) is 2.90. The molecule has 0 fully saturated rings. The van der Waals surface area contributed by atoms with E-state index in [1.165, 1.54) is 23.5 Å². The summed E-state index contributed by atoms with van der Waals surface area (Å²) in [6, 6.07) is 11.9. The quantitative estimate of drug-likeness (QED) is 0.727. The van der Waals surface area contributed by atoms with Crippen molar-refractivity contribution in [2.24, 2.45) is 4.99 Å². The third kappa shape index (κ3) is 3.29. The van der Waals surface area contributed by atoms with Gasteiger partial charge in [0.05, 0.1) is 16.8 Å². The Morgan fingerprint density at radius 1 is 1.29 bits per heavy atom. The number of hydrogen-bond donors (Lipinski definition) is 0. The van der Waals surface area contributed by atoms with Crippen molar-refractivity contribution in [1.82, 2.24) is 4.57 Å². The topological polar surface area (TPSA) is 43.6 Å². The molecule has 0 aliphatic heterocycles. The first-order chi connectivity index (χ1) is 11.6. The summed E-state index contributed by atoms with van der Waals surface area (Å²) in [4.78, 5) is 17.3. The molecule has 0 saturated carbocycles. The Bertz CT molecular complexity index is 959. The maximum Gasteiger partial charge on any atom is 0.279 e. The minimum Gasteiger partial charge on any atom is -0.383 e. The number of methoxy groups -OCH3 is 1. The highest BCUT2D eigenvalue weighted by Crippen LogP contribution is 2.19. The lowest BCUT2D eigenvalue weighted by Gasteiger charge is -2.04. The van der Waals surface area contributed by atoms with Crippen molar-refractivity contribution in [2.75, 3.05) is 13.7 Å². The number of fused-ring (bicyclic) bond motifs is 1. The third-order valence-corrected chi connectivity index (χ3v) is 4.78. The fourth-order valence-electron chi connectivity index (χ4n) is 2.49. The van der Waals surface area contributed by atoms with Crippen LogP contribution in [0.4, 0.5) is 4.39 Å². The van der Waals surface area contributed by atoms with Gasteiger partial charge in [-0.2, -0.15) is 4.99 Å². The summed E-state index contributed by atoms with van der Waals surface area (Å²) < 4.78 is 21.3. The van der Waals surface area contributed by atoms with Gasteiger partial charge in [-0.15, -0.1) is 0 Å². The number of thiazole rings is 1. The maximum absolute atomic E-state index is 13.5. The average molecular weight is 344 g/mol. The second-order valence-electron chi connectivity index (χ2n) is 5.37. The van der Waals surface area contributed by atoms with Crippen molar-refractivity contribution in [2.45, 2.75) is 13.5 Å². The summed E-state index contributed by atoms with van der Waals surface area (Å²) in [5, 5.41) is 0. The molecule has 4 nitrogen and oxygen atoms in total. The Hall–Kier alpha value is -2.31. The SMILES string of the molecule is COCCn1c(=NC(=O)c2ccccc2C)sc2cc(F)ccc21. The Labute approximate surface area is 142 Å². The molecule has 3 aromatic rings. The molecule has 2 aromatic carbocycles. The van der Waals surface area contributed by atoms with Gasteiger partial charge in [-0.05, 0) is 36.8 Å². The van der Waals surface area contributed by atoms with Crippen LogP contribution in [0.5, 0.6) is 0 Å². The van der Waals surface area contributed by atoms with Gasteiger partial charge in [0.2, 0.25) is 0 Å². The van der Waals surface area contributed by atoms with Gasteiger partial charge in [0, 0.05) is 19.2 Å². The summed E-state index contributed by atoms with van der Waals surface area (Å²) in [5.41, 5.74) is 2.29. The highest BCUT2D eigenvalue weighted by Gasteiger charge is 2.11. The number of rotatable bonds is 4. The molecule has 124 valence electrons. The Kier molecular flexibility index (Phi) is 4.87. The number of hydrogen-bond acceptors (Lipinski definition) is 3. The van der Waals surface area contributed by atoms with Crippen LogP contribution < -0.4 is 4.80 Å². The number of halogens is 1. The molecule has 0 N–H and O–H groups in total. The van der Waals surface area contributed by atoms with E-state index in [0.29, 0.717) is 23.5 Å². The van der Waals surface area contributed by atoms with Gasteiger partial charge in [0.25, 0.3) is 5.91 Å². The molecule has 0 aliphatic carbocycles. The molecule has 3 rings (SSSR count). The number of carbonyl (C=O) groups is 1. The maximum atomic E-state index is 13.5. The fourth-order valence-corrected chi connectivity index (χ4v) is 3.57. The highest BCUT2D eigenvalue weighted by atomic mass is 32.1. The zero-order valence-electron chi connectivity index (χ0n) is 13.5. The molecule has 0 radical (unpaired) electrons. The molecular formula is C18H17FN2O2S. The zero-order chi connectivity index (χ0) is 17.1. The van der Waals surface area contributed by atoms with Gasteiger partial charge in [-0.25, -0.2) is 4.39 Å². The predicted octanol–water partition coefficient (Wildman–Crippen LogP) is 3.54. The minimum atomic E-state index is -0.306. The lowest BCUT2D eigenvalue weighted by Crippen LogP contribution is -2.19. The van der Waals surface area contributed by atoms with Crippen LogP contribution in [0.15, 0.2) is 47.5 Å². The first-order valence-corrected chi connectivity index (χ1v) is 8.34. The van der Waals surface area contributed by atoms with Gasteiger partial charge in [0.1, 0.15) is 5.82 Å². The number of aryl methyl sites for hydroxylation is 1. The monoisotopic (exact) mass is 344 g/mol. The Balaban J connectivity index is 2.13. The van der Waals surface area contributed by atoms with Crippen molar-refractivity contribution in [3.63, 3.8) is 0 Å². The van der Waals surface area contributed by atoms with Crippen molar-refractivity contribution < 1.29 is 13.9 Å². The van der Waals surface area contributed by atoms with E-state index in [0.717, 1.165) is 15.8 Å². The normalized spacial score (nSPS) is 12.0. The van der Waals surface area contributed by atoms with Gasteiger partial charge < -0.3 is 9.30 Å². The van der Waals surface area contributed by atoms with E-state index in [4.69, 9.17) is 4.74 Å². The summed E-state index contributed by atoms with van der Waals surface area (Å²) in [6.07, 6.45) is 0. The van der Waals surface area contributed by atoms with Crippen LogP contribution in [0.2, 0.25) is 0 Å². The first-order valence-electron chi connectivity index (χ1n) is 7.52. The molecule has 0 spiro atoms. The average Bonchev–Trinajstić information content (AvgIpc) is 2.89. The summed E-state index contributed by atoms with van der Waals surface area (Å²) in [7, 11) is 1.62. The fraction of sp³-hybridized carbons (Fsp3) is 0.222. The van der Waals surface area contributed by atoms with E-state index >= 15 is 0 Å². The van der Waals surface area contributed by atoms with Crippen LogP contribution in [-0.2, 0) is 11.3 Å². The van der Waals surface area contributed by atoms with Gasteiger partial charge >= 0.3 is 0 Å². The lowest BCUT2D eigenvalue weighted by molar-refractivity contribution is 0.0996. The van der Waals surface area contributed by atoms with Crippen LogP contribution in [-0.4, -0.2) is 24.2 Å². The molecule has 0 unspecified atom stereocenters. The van der Waals surface area contributed by atoms with Crippen LogP contribution in [0.1, 0.15) is 15.9 Å². The van der Waals surface area contributed by atoms with Gasteiger partial charge in [-0.1, -0.05) is 29.5 Å². The predicted molar refractivity (Wildman–Crippen MR) is 92.7 cm³/mol. The molecule has 24 heavy (non-hydrogen) atoms. The minimum absolute atomic E-state index is 0.300. The molecule has 6 heteroatoms. The largest absolute Gasteiger partial charge is 0.383 e. The first kappa shape index (κ1) is 16.5. The number of carbonyl (C=O) groups excluding carboxylic acids is 1. The van der Waals surface area contributed by atoms with E-state index in [2.05, 4.69) is 4.99 Å². The highest BCUT2D eigenvalue weighted by molar-refractivity contribution is 7.16. The Morgan fingerprint density at radius 3 is 2.83 bits per heavy atom. The second-order valence-corrected chi connectivity index (χ2v) is 6.38. The molecule has 1 heterocycles. The van der Waals surface area contributed by atoms with Crippen LogP contribution >= 0.6 is 11.3 Å². The number of ether oxygens (including phenoxy) is 1. The smallest absolute Gasteiger partial charge is 0.279 e. The number of amides is 1. The molecule has 1 aromatic heterocycles. The molecule has 0 atom stereocenters. The van der Waals surface area contributed by atoms with Crippen LogP contribution in [0.25, 0.3) is 10.2 Å². The van der Waals surface area contributed by atoms with Gasteiger partial charge in [0.15, 0.2) is 4.80 Å². The molecule has 0 aliphatic rings. The molecular weight excluding hydrogens is 327 g/mol. The number of aromatic nitrogens is 1.